The normalized spacial score (nSPS) is 19.0. The Balaban J connectivity index is 0.000000353. The monoisotopic (exact) mass is 465 g/mol. The summed E-state index contributed by atoms with van der Waals surface area (Å²) in [7, 11) is 0. The maximum absolute atomic E-state index is 12.2. The van der Waals surface area contributed by atoms with Crippen LogP contribution in [0.4, 0.5) is 11.4 Å². The first-order chi connectivity index (χ1) is 14.0. The number of carbonyl (C=O) groups excluding carboxylic acids is 1. The summed E-state index contributed by atoms with van der Waals surface area (Å²) in [6.07, 6.45) is 11.1. The molecule has 2 aromatic heterocycles. The van der Waals surface area contributed by atoms with Crippen LogP contribution in [0.3, 0.4) is 0 Å². The molecule has 2 aliphatic rings. The summed E-state index contributed by atoms with van der Waals surface area (Å²) in [4.78, 5) is 22.0. The van der Waals surface area contributed by atoms with Gasteiger partial charge in [0.1, 0.15) is 5.65 Å². The molecule has 1 amide bonds. The first-order valence-electron chi connectivity index (χ1n) is 10.6. The van der Waals surface area contributed by atoms with E-state index in [-0.39, 0.29) is 17.9 Å². The lowest BCUT2D eigenvalue weighted by Crippen LogP contribution is -2.43. The minimum atomic E-state index is 0.104. The zero-order chi connectivity index (χ0) is 20.8. The number of unbranched alkanes of at least 4 members (excludes halogenated alkanes) is 2. The van der Waals surface area contributed by atoms with Crippen LogP contribution >= 0.6 is 15.9 Å². The van der Waals surface area contributed by atoms with Gasteiger partial charge >= 0.3 is 0 Å². The molecule has 0 radical (unpaired) electrons. The van der Waals surface area contributed by atoms with Crippen molar-refractivity contribution in [2.75, 3.05) is 29.9 Å². The van der Waals surface area contributed by atoms with E-state index in [0.29, 0.717) is 6.61 Å². The third-order valence-corrected chi connectivity index (χ3v) is 5.95. The molecule has 29 heavy (non-hydrogen) atoms. The summed E-state index contributed by atoms with van der Waals surface area (Å²) in [6, 6.07) is 0.183. The van der Waals surface area contributed by atoms with Gasteiger partial charge in [-0.15, -0.1) is 0 Å². The molecule has 8 heteroatoms. The topological polar surface area (TPSA) is 107 Å². The third kappa shape index (κ3) is 5.71. The number of nitrogens with one attached hydrogen (secondary N) is 2. The van der Waals surface area contributed by atoms with Gasteiger partial charge in [-0.3, -0.25) is 4.79 Å². The number of fused-ring (bicyclic) bond motifs is 1. The van der Waals surface area contributed by atoms with Gasteiger partial charge in [0.05, 0.1) is 21.2 Å². The SMILES string of the molecule is CCCCCO.N[C@@H]1CCCN(c2c(Br)cnc3[nH]cc(NC(=O)C4CC4)c23)C1. The number of piperidine rings is 1. The zero-order valence-electron chi connectivity index (χ0n) is 17.1. The van der Waals surface area contributed by atoms with E-state index in [1.54, 1.807) is 6.20 Å². The predicted octanol–water partition coefficient (Wildman–Crippen LogP) is 3.77. The quantitative estimate of drug-likeness (QED) is 0.485. The molecule has 3 heterocycles. The van der Waals surface area contributed by atoms with E-state index >= 15 is 0 Å². The van der Waals surface area contributed by atoms with Crippen molar-refractivity contribution in [3.63, 3.8) is 0 Å². The van der Waals surface area contributed by atoms with Crippen LogP contribution in [0.15, 0.2) is 16.9 Å². The van der Waals surface area contributed by atoms with E-state index in [2.05, 4.69) is 43.0 Å². The number of halogens is 1. The molecule has 2 aromatic rings. The Morgan fingerprint density at radius 3 is 2.83 bits per heavy atom. The molecule has 1 atom stereocenters. The van der Waals surface area contributed by atoms with Crippen molar-refractivity contribution in [2.24, 2.45) is 11.7 Å². The lowest BCUT2D eigenvalue weighted by Gasteiger charge is -2.33. The van der Waals surface area contributed by atoms with E-state index in [9.17, 15) is 4.79 Å². The summed E-state index contributed by atoms with van der Waals surface area (Å²) in [6.45, 7) is 4.26. The number of amides is 1. The molecule has 4 rings (SSSR count). The first-order valence-corrected chi connectivity index (χ1v) is 11.4. The lowest BCUT2D eigenvalue weighted by molar-refractivity contribution is -0.117. The smallest absolute Gasteiger partial charge is 0.227 e. The number of pyridine rings is 1. The average molecular weight is 466 g/mol. The Bertz CT molecular complexity index is 817. The number of nitrogens with two attached hydrogens (primary N) is 1. The van der Waals surface area contributed by atoms with Gasteiger partial charge in [0.25, 0.3) is 0 Å². The zero-order valence-corrected chi connectivity index (χ0v) is 18.7. The van der Waals surface area contributed by atoms with Crippen LogP contribution in [0, 0.1) is 5.92 Å². The van der Waals surface area contributed by atoms with Crippen LogP contribution < -0.4 is 16.0 Å². The highest BCUT2D eigenvalue weighted by atomic mass is 79.9. The standard InChI is InChI=1S/C16H20BrN5O.C5H12O/c17-11-6-19-15-13(14(11)22-5-1-2-10(18)8-22)12(7-20-15)21-16(23)9-3-4-9;1-2-3-4-5-6/h6-7,9-10H,1-5,8,18H2,(H,19,20)(H,21,23);6H,2-5H2,1H3/t10-;/m1./s1. The molecule has 1 saturated heterocycles. The number of H-pyrrole nitrogens is 1. The van der Waals surface area contributed by atoms with Crippen LogP contribution in [-0.4, -0.2) is 46.7 Å². The van der Waals surface area contributed by atoms with Gasteiger partial charge in [0.15, 0.2) is 0 Å². The van der Waals surface area contributed by atoms with Crippen LogP contribution in [0.1, 0.15) is 51.9 Å². The molecular formula is C21H32BrN5O2. The van der Waals surface area contributed by atoms with E-state index in [1.165, 1.54) is 6.42 Å². The molecule has 1 aliphatic heterocycles. The Hall–Kier alpha value is -1.64. The number of aliphatic hydroxyl groups excluding tert-OH is 1. The van der Waals surface area contributed by atoms with E-state index in [0.717, 1.165) is 78.5 Å². The number of aromatic amines is 1. The molecule has 1 aliphatic carbocycles. The highest BCUT2D eigenvalue weighted by molar-refractivity contribution is 9.10. The van der Waals surface area contributed by atoms with E-state index < -0.39 is 0 Å². The number of anilines is 2. The summed E-state index contributed by atoms with van der Waals surface area (Å²) in [5.41, 5.74) is 8.81. The summed E-state index contributed by atoms with van der Waals surface area (Å²) < 4.78 is 0.931. The van der Waals surface area contributed by atoms with Crippen LogP contribution in [0.25, 0.3) is 11.0 Å². The van der Waals surface area contributed by atoms with Gasteiger partial charge in [-0.1, -0.05) is 19.8 Å². The fourth-order valence-electron chi connectivity index (χ4n) is 3.62. The maximum atomic E-state index is 12.2. The fraction of sp³-hybridized carbons (Fsp3) is 0.619. The molecule has 0 bridgehead atoms. The van der Waals surface area contributed by atoms with E-state index in [4.69, 9.17) is 10.8 Å². The van der Waals surface area contributed by atoms with E-state index in [1.807, 2.05) is 6.20 Å². The number of aromatic nitrogens is 2. The van der Waals surface area contributed by atoms with Crippen molar-refractivity contribution in [1.82, 2.24) is 9.97 Å². The van der Waals surface area contributed by atoms with Gasteiger partial charge in [-0.25, -0.2) is 4.98 Å². The molecular weight excluding hydrogens is 434 g/mol. The highest BCUT2D eigenvalue weighted by Crippen LogP contribution is 2.39. The summed E-state index contributed by atoms with van der Waals surface area (Å²) in [5.74, 6) is 0.277. The summed E-state index contributed by atoms with van der Waals surface area (Å²) in [5, 5.41) is 12.2. The number of aliphatic hydroxyl groups is 1. The number of hydrogen-bond acceptors (Lipinski definition) is 5. The first kappa shape index (κ1) is 22.1. The van der Waals surface area contributed by atoms with Crippen molar-refractivity contribution >= 4 is 44.2 Å². The second kappa shape index (κ2) is 10.4. The van der Waals surface area contributed by atoms with Crippen molar-refractivity contribution in [1.29, 1.82) is 0 Å². The molecule has 7 nitrogen and oxygen atoms in total. The largest absolute Gasteiger partial charge is 0.396 e. The Morgan fingerprint density at radius 2 is 2.21 bits per heavy atom. The van der Waals surface area contributed by atoms with Crippen LogP contribution in [0.5, 0.6) is 0 Å². The van der Waals surface area contributed by atoms with Crippen molar-refractivity contribution in [3.05, 3.63) is 16.9 Å². The van der Waals surface area contributed by atoms with Gasteiger partial charge in [-0.2, -0.15) is 0 Å². The van der Waals surface area contributed by atoms with Gasteiger partial charge in [0, 0.05) is 44.0 Å². The van der Waals surface area contributed by atoms with Gasteiger partial charge in [0.2, 0.25) is 5.91 Å². The molecule has 0 spiro atoms. The predicted molar refractivity (Wildman–Crippen MR) is 121 cm³/mol. The number of hydrogen-bond donors (Lipinski definition) is 4. The molecule has 5 N–H and O–H groups in total. The van der Waals surface area contributed by atoms with Crippen molar-refractivity contribution < 1.29 is 9.90 Å². The molecule has 160 valence electrons. The summed E-state index contributed by atoms with van der Waals surface area (Å²) >= 11 is 3.63. The van der Waals surface area contributed by atoms with Crippen LogP contribution in [-0.2, 0) is 4.79 Å². The fourth-order valence-corrected chi connectivity index (χ4v) is 4.17. The second-order valence-corrected chi connectivity index (χ2v) is 8.78. The van der Waals surface area contributed by atoms with Crippen molar-refractivity contribution in [3.8, 4) is 0 Å². The number of nitrogens with zero attached hydrogens (tertiary/aromatic N) is 2. The Kier molecular flexibility index (Phi) is 7.91. The minimum absolute atomic E-state index is 0.104. The minimum Gasteiger partial charge on any atom is -0.396 e. The third-order valence-electron chi connectivity index (χ3n) is 5.37. The Labute approximate surface area is 180 Å². The van der Waals surface area contributed by atoms with Crippen LogP contribution in [0.2, 0.25) is 0 Å². The van der Waals surface area contributed by atoms with Crippen molar-refractivity contribution in [2.45, 2.75) is 57.9 Å². The molecule has 0 unspecified atom stereocenters. The average Bonchev–Trinajstić information content (AvgIpc) is 3.49. The highest BCUT2D eigenvalue weighted by Gasteiger charge is 2.31. The Morgan fingerprint density at radius 1 is 1.41 bits per heavy atom. The number of carbonyl (C=O) groups is 1. The van der Waals surface area contributed by atoms with Gasteiger partial charge in [-0.05, 0) is 48.0 Å². The number of rotatable bonds is 6. The maximum Gasteiger partial charge on any atom is 0.227 e. The molecule has 2 fully saturated rings. The lowest BCUT2D eigenvalue weighted by atomic mass is 10.1. The molecule has 0 aromatic carbocycles. The molecule has 1 saturated carbocycles. The van der Waals surface area contributed by atoms with Gasteiger partial charge < -0.3 is 26.0 Å². The second-order valence-electron chi connectivity index (χ2n) is 7.92.